The summed E-state index contributed by atoms with van der Waals surface area (Å²) >= 11 is 0. The molecule has 0 fully saturated rings. The normalized spacial score (nSPS) is 10.4. The Morgan fingerprint density at radius 1 is 1.03 bits per heavy atom. The molecule has 1 amide bonds. The van der Waals surface area contributed by atoms with E-state index in [2.05, 4.69) is 5.43 Å². The van der Waals surface area contributed by atoms with Crippen molar-refractivity contribution in [1.82, 2.24) is 4.68 Å². The van der Waals surface area contributed by atoms with Gasteiger partial charge in [-0.25, -0.2) is 4.79 Å². The molecule has 10 nitrogen and oxygen atoms in total. The summed E-state index contributed by atoms with van der Waals surface area (Å²) in [6.07, 6.45) is 0. The zero-order valence-electron chi connectivity index (χ0n) is 18.2. The number of Topliss-reactive ketones (excluding diaryl/α,β-unsaturated/α-hetero) is 1. The number of nitro groups is 1. The maximum atomic E-state index is 12.7. The molecule has 1 aromatic heterocycles. The van der Waals surface area contributed by atoms with E-state index >= 15 is 0 Å². The van der Waals surface area contributed by atoms with Gasteiger partial charge in [-0.2, -0.15) is 0 Å². The van der Waals surface area contributed by atoms with Crippen LogP contribution in [0.4, 0.5) is 5.69 Å². The molecule has 33 heavy (non-hydrogen) atoms. The molecule has 1 N–H and O–H groups in total. The third kappa shape index (κ3) is 5.06. The van der Waals surface area contributed by atoms with Crippen LogP contribution in [0.5, 0.6) is 5.75 Å². The van der Waals surface area contributed by atoms with Gasteiger partial charge >= 0.3 is 5.97 Å². The number of hydrogen-bond acceptors (Lipinski definition) is 7. The lowest BCUT2D eigenvalue weighted by Gasteiger charge is -2.12. The lowest BCUT2D eigenvalue weighted by atomic mass is 10.1. The second kappa shape index (κ2) is 9.77. The number of aryl methyl sites for hydroxylation is 1. The summed E-state index contributed by atoms with van der Waals surface area (Å²) in [6, 6.07) is 13.7. The van der Waals surface area contributed by atoms with E-state index in [4.69, 9.17) is 9.47 Å². The fourth-order valence-corrected chi connectivity index (χ4v) is 3.23. The van der Waals surface area contributed by atoms with Crippen LogP contribution in [0.15, 0.2) is 54.6 Å². The fraction of sp³-hybridized carbons (Fsp3) is 0.174. The smallest absolute Gasteiger partial charge is 0.342 e. The highest BCUT2D eigenvalue weighted by Gasteiger charge is 2.22. The molecule has 0 aliphatic carbocycles. The molecule has 0 saturated carbocycles. The van der Waals surface area contributed by atoms with Crippen molar-refractivity contribution in [3.63, 3.8) is 0 Å². The number of benzene rings is 2. The van der Waals surface area contributed by atoms with Crippen molar-refractivity contribution in [2.45, 2.75) is 13.8 Å². The van der Waals surface area contributed by atoms with E-state index < -0.39 is 23.3 Å². The summed E-state index contributed by atoms with van der Waals surface area (Å²) in [6.45, 7) is 2.77. The zero-order chi connectivity index (χ0) is 24.1. The van der Waals surface area contributed by atoms with Crippen LogP contribution in [0, 0.1) is 24.0 Å². The number of nitrogens with zero attached hydrogens (tertiary/aromatic N) is 2. The third-order valence-corrected chi connectivity index (χ3v) is 4.93. The average molecular weight is 451 g/mol. The van der Waals surface area contributed by atoms with Gasteiger partial charge in [0, 0.05) is 34.6 Å². The number of aromatic nitrogens is 1. The van der Waals surface area contributed by atoms with Crippen LogP contribution >= 0.6 is 0 Å². The molecule has 3 aromatic rings. The van der Waals surface area contributed by atoms with Gasteiger partial charge in [0.25, 0.3) is 11.6 Å². The molecule has 0 aliphatic rings. The summed E-state index contributed by atoms with van der Waals surface area (Å²) in [5.41, 5.74) is 4.04. The largest absolute Gasteiger partial charge is 0.496 e. The first-order valence-electron chi connectivity index (χ1n) is 9.81. The molecule has 0 unspecified atom stereocenters. The van der Waals surface area contributed by atoms with E-state index in [9.17, 15) is 24.5 Å². The molecule has 0 atom stereocenters. The van der Waals surface area contributed by atoms with Crippen molar-refractivity contribution in [2.24, 2.45) is 0 Å². The van der Waals surface area contributed by atoms with Gasteiger partial charge in [0.2, 0.25) is 5.78 Å². The quantitative estimate of drug-likeness (QED) is 0.240. The predicted molar refractivity (Wildman–Crippen MR) is 118 cm³/mol. The standard InChI is InChI=1S/C23H21N3O7/c1-14-11-18(15(2)25(14)24-22(28)16-7-5-4-6-8-16)20(27)13-33-23(29)19-12-17(26(30)31)9-10-21(19)32-3/h4-12H,13H2,1-3H3,(H,24,28). The molecular weight excluding hydrogens is 430 g/mol. The Kier molecular flexibility index (Phi) is 6.87. The summed E-state index contributed by atoms with van der Waals surface area (Å²) < 4.78 is 11.6. The lowest BCUT2D eigenvalue weighted by molar-refractivity contribution is -0.384. The maximum Gasteiger partial charge on any atom is 0.342 e. The fourth-order valence-electron chi connectivity index (χ4n) is 3.23. The molecule has 0 radical (unpaired) electrons. The van der Waals surface area contributed by atoms with Crippen molar-refractivity contribution in [2.75, 3.05) is 19.1 Å². The Labute approximate surface area is 188 Å². The first kappa shape index (κ1) is 23.2. The zero-order valence-corrected chi connectivity index (χ0v) is 18.2. The van der Waals surface area contributed by atoms with Crippen molar-refractivity contribution in [3.8, 4) is 5.75 Å². The van der Waals surface area contributed by atoms with Crippen molar-refractivity contribution in [1.29, 1.82) is 0 Å². The van der Waals surface area contributed by atoms with Gasteiger partial charge in [-0.3, -0.25) is 29.8 Å². The third-order valence-electron chi connectivity index (χ3n) is 4.93. The van der Waals surface area contributed by atoms with E-state index in [0.29, 0.717) is 17.0 Å². The van der Waals surface area contributed by atoms with E-state index in [1.165, 1.54) is 23.9 Å². The number of ether oxygens (including phenoxy) is 2. The van der Waals surface area contributed by atoms with Crippen molar-refractivity contribution >= 4 is 23.3 Å². The predicted octanol–water partition coefficient (Wildman–Crippen LogP) is 3.45. The highest BCUT2D eigenvalue weighted by molar-refractivity contribution is 6.02. The summed E-state index contributed by atoms with van der Waals surface area (Å²) in [5.74, 6) is -1.70. The van der Waals surface area contributed by atoms with E-state index in [1.807, 2.05) is 0 Å². The number of amides is 1. The average Bonchev–Trinajstić information content (AvgIpc) is 3.10. The SMILES string of the molecule is COc1ccc([N+](=O)[O-])cc1C(=O)OCC(=O)c1cc(C)n(NC(=O)c2ccccc2)c1C. The number of carbonyl (C=O) groups is 3. The van der Waals surface area contributed by atoms with Gasteiger partial charge in [-0.1, -0.05) is 18.2 Å². The van der Waals surface area contributed by atoms with Gasteiger partial charge in [0.1, 0.15) is 11.3 Å². The highest BCUT2D eigenvalue weighted by Crippen LogP contribution is 2.25. The summed E-state index contributed by atoms with van der Waals surface area (Å²) in [7, 11) is 1.31. The van der Waals surface area contributed by atoms with Crippen LogP contribution in [0.25, 0.3) is 0 Å². The maximum absolute atomic E-state index is 12.7. The molecule has 10 heteroatoms. The molecule has 0 spiro atoms. The van der Waals surface area contributed by atoms with Crippen LogP contribution in [0.3, 0.4) is 0 Å². The Hall–Kier alpha value is -4.47. The molecule has 3 rings (SSSR count). The number of nitro benzene ring substituents is 1. The molecule has 170 valence electrons. The van der Waals surface area contributed by atoms with Crippen LogP contribution < -0.4 is 10.2 Å². The minimum Gasteiger partial charge on any atom is -0.496 e. The van der Waals surface area contributed by atoms with Gasteiger partial charge < -0.3 is 9.47 Å². The number of non-ortho nitro benzene ring substituents is 1. The van der Waals surface area contributed by atoms with Crippen molar-refractivity contribution < 1.29 is 28.8 Å². The van der Waals surface area contributed by atoms with Gasteiger partial charge in [-0.05, 0) is 38.1 Å². The Morgan fingerprint density at radius 3 is 2.36 bits per heavy atom. The molecule has 0 saturated heterocycles. The number of hydrogen-bond donors (Lipinski definition) is 1. The number of methoxy groups -OCH3 is 1. The second-order valence-electron chi connectivity index (χ2n) is 7.07. The van der Waals surface area contributed by atoms with E-state index in [-0.39, 0.29) is 28.5 Å². The molecule has 1 heterocycles. The molecule has 2 aromatic carbocycles. The minimum atomic E-state index is -0.935. The first-order chi connectivity index (χ1) is 15.7. The number of nitrogens with one attached hydrogen (secondary N) is 1. The van der Waals surface area contributed by atoms with Crippen LogP contribution in [0.1, 0.15) is 42.5 Å². The summed E-state index contributed by atoms with van der Waals surface area (Å²) in [5, 5.41) is 11.0. The van der Waals surface area contributed by atoms with Gasteiger partial charge in [0.15, 0.2) is 6.61 Å². The Balaban J connectivity index is 1.73. The lowest BCUT2D eigenvalue weighted by Crippen LogP contribution is -2.25. The molecular formula is C23H21N3O7. The minimum absolute atomic E-state index is 0.0832. The van der Waals surface area contributed by atoms with E-state index in [0.717, 1.165) is 6.07 Å². The highest BCUT2D eigenvalue weighted by atomic mass is 16.6. The number of carbonyl (C=O) groups excluding carboxylic acids is 3. The van der Waals surface area contributed by atoms with Gasteiger partial charge in [-0.15, -0.1) is 0 Å². The number of rotatable bonds is 8. The van der Waals surface area contributed by atoms with E-state index in [1.54, 1.807) is 50.2 Å². The van der Waals surface area contributed by atoms with Crippen LogP contribution in [0.2, 0.25) is 0 Å². The second-order valence-corrected chi connectivity index (χ2v) is 7.07. The molecule has 0 bridgehead atoms. The Bertz CT molecular complexity index is 1230. The van der Waals surface area contributed by atoms with Crippen LogP contribution in [-0.2, 0) is 4.74 Å². The number of esters is 1. The topological polar surface area (TPSA) is 130 Å². The first-order valence-corrected chi connectivity index (χ1v) is 9.81. The van der Waals surface area contributed by atoms with Crippen molar-refractivity contribution in [3.05, 3.63) is 92.8 Å². The van der Waals surface area contributed by atoms with Crippen LogP contribution in [-0.4, -0.2) is 41.0 Å². The Morgan fingerprint density at radius 2 is 1.73 bits per heavy atom. The monoisotopic (exact) mass is 451 g/mol. The molecule has 0 aliphatic heterocycles. The van der Waals surface area contributed by atoms with Gasteiger partial charge in [0.05, 0.1) is 12.0 Å². The number of ketones is 1. The summed E-state index contributed by atoms with van der Waals surface area (Å²) in [4.78, 5) is 48.0.